The van der Waals surface area contributed by atoms with E-state index in [2.05, 4.69) is 25.6 Å². The van der Waals surface area contributed by atoms with Gasteiger partial charge in [0.25, 0.3) is 5.91 Å². The number of nitrogens with zero attached hydrogens (tertiary/aromatic N) is 3. The summed E-state index contributed by atoms with van der Waals surface area (Å²) in [7, 11) is 0. The first-order chi connectivity index (χ1) is 18.9. The Labute approximate surface area is 226 Å². The summed E-state index contributed by atoms with van der Waals surface area (Å²) in [6.45, 7) is 4.85. The number of aryl methyl sites for hydroxylation is 1. The fourth-order valence-corrected chi connectivity index (χ4v) is 4.94. The van der Waals surface area contributed by atoms with E-state index in [0.29, 0.717) is 43.0 Å². The van der Waals surface area contributed by atoms with Crippen molar-refractivity contribution in [3.8, 4) is 11.3 Å². The first kappa shape index (κ1) is 26.1. The maximum atomic E-state index is 15.1. The van der Waals surface area contributed by atoms with Gasteiger partial charge in [-0.05, 0) is 56.5 Å². The number of carbonyl (C=O) groups excluding carboxylic acids is 2. The summed E-state index contributed by atoms with van der Waals surface area (Å²) in [5.41, 5.74) is 4.13. The molecule has 39 heavy (non-hydrogen) atoms. The number of H-pyrrole nitrogens is 1. The number of imidazole rings is 1. The molecular weight excluding hydrogens is 495 g/mol. The number of pyridine rings is 1. The molecule has 1 aliphatic rings. The van der Waals surface area contributed by atoms with Crippen molar-refractivity contribution in [3.05, 3.63) is 96.0 Å². The zero-order valence-electron chi connectivity index (χ0n) is 21.9. The van der Waals surface area contributed by atoms with Crippen LogP contribution in [0.3, 0.4) is 0 Å². The molecular formula is C30H31FN6O2. The molecule has 2 aromatic heterocycles. The number of hydrogen-bond donors (Lipinski definition) is 3. The standard InChI is InChI=1S/C30H31FN6O2/c1-19-17-23(11-14-32-19)26-18-33-28(35-26)30(39)36-25-10-6-9-24(31)27(25)37-15-12-22(13-16-37)29(38)34-20(2)21-7-4-3-5-8-21/h3-11,14,17-18,20,22H,12-13,15-16H2,1-2H3,(H,33,35)(H,34,38)(H,36,39). The summed E-state index contributed by atoms with van der Waals surface area (Å²) in [5, 5.41) is 5.92. The lowest BCUT2D eigenvalue weighted by molar-refractivity contribution is -0.126. The molecule has 0 aliphatic carbocycles. The summed E-state index contributed by atoms with van der Waals surface area (Å²) < 4.78 is 15.1. The van der Waals surface area contributed by atoms with Crippen LogP contribution in [0.2, 0.25) is 0 Å². The molecule has 0 bridgehead atoms. The number of anilines is 2. The van der Waals surface area contributed by atoms with Crippen molar-refractivity contribution in [2.45, 2.75) is 32.7 Å². The third-order valence-electron chi connectivity index (χ3n) is 7.07. The number of hydrogen-bond acceptors (Lipinski definition) is 5. The van der Waals surface area contributed by atoms with Gasteiger partial charge >= 0.3 is 0 Å². The molecule has 0 spiro atoms. The molecule has 0 radical (unpaired) electrons. The second-order valence-electron chi connectivity index (χ2n) is 9.82. The van der Waals surface area contributed by atoms with Crippen LogP contribution < -0.4 is 15.5 Å². The number of nitrogens with one attached hydrogen (secondary N) is 3. The van der Waals surface area contributed by atoms with Crippen LogP contribution in [-0.2, 0) is 4.79 Å². The zero-order chi connectivity index (χ0) is 27.4. The van der Waals surface area contributed by atoms with Crippen LogP contribution >= 0.6 is 0 Å². The molecule has 8 nitrogen and oxygen atoms in total. The van der Waals surface area contributed by atoms with E-state index in [1.807, 2.05) is 61.2 Å². The highest BCUT2D eigenvalue weighted by Crippen LogP contribution is 2.33. The molecule has 0 saturated carbocycles. The highest BCUT2D eigenvalue weighted by molar-refractivity contribution is 6.04. The minimum Gasteiger partial charge on any atom is -0.367 e. The number of aromatic nitrogens is 3. The van der Waals surface area contributed by atoms with Crippen LogP contribution in [0, 0.1) is 18.7 Å². The van der Waals surface area contributed by atoms with Gasteiger partial charge < -0.3 is 20.5 Å². The number of carbonyl (C=O) groups is 2. The predicted octanol–water partition coefficient (Wildman–Crippen LogP) is 5.27. The van der Waals surface area contributed by atoms with Gasteiger partial charge in [-0.25, -0.2) is 9.37 Å². The van der Waals surface area contributed by atoms with Crippen molar-refractivity contribution in [2.75, 3.05) is 23.3 Å². The maximum absolute atomic E-state index is 15.1. The molecule has 1 fully saturated rings. The summed E-state index contributed by atoms with van der Waals surface area (Å²) in [5.74, 6) is -0.928. The topological polar surface area (TPSA) is 103 Å². The summed E-state index contributed by atoms with van der Waals surface area (Å²) >= 11 is 0. The van der Waals surface area contributed by atoms with E-state index in [0.717, 1.165) is 16.8 Å². The molecule has 1 saturated heterocycles. The van der Waals surface area contributed by atoms with Gasteiger partial charge in [0, 0.05) is 36.5 Å². The van der Waals surface area contributed by atoms with E-state index in [-0.39, 0.29) is 23.7 Å². The molecule has 5 rings (SSSR count). The van der Waals surface area contributed by atoms with E-state index in [4.69, 9.17) is 0 Å². The van der Waals surface area contributed by atoms with Gasteiger partial charge in [0.2, 0.25) is 5.91 Å². The molecule has 1 aliphatic heterocycles. The molecule has 3 N–H and O–H groups in total. The van der Waals surface area contributed by atoms with Crippen LogP contribution in [0.25, 0.3) is 11.3 Å². The first-order valence-electron chi connectivity index (χ1n) is 13.1. The normalized spacial score (nSPS) is 14.6. The van der Waals surface area contributed by atoms with Crippen LogP contribution in [-0.4, -0.2) is 39.9 Å². The smallest absolute Gasteiger partial charge is 0.291 e. The average molecular weight is 527 g/mol. The Bertz CT molecular complexity index is 1460. The van der Waals surface area contributed by atoms with Gasteiger partial charge in [0.05, 0.1) is 29.3 Å². The Morgan fingerprint density at radius 3 is 2.56 bits per heavy atom. The number of amides is 2. The van der Waals surface area contributed by atoms with E-state index in [9.17, 15) is 9.59 Å². The van der Waals surface area contributed by atoms with Gasteiger partial charge in [0.1, 0.15) is 5.82 Å². The van der Waals surface area contributed by atoms with Crippen LogP contribution in [0.1, 0.15) is 47.7 Å². The van der Waals surface area contributed by atoms with Crippen molar-refractivity contribution < 1.29 is 14.0 Å². The number of para-hydroxylation sites is 1. The number of aromatic amines is 1. The van der Waals surface area contributed by atoms with Crippen molar-refractivity contribution in [3.63, 3.8) is 0 Å². The molecule has 2 amide bonds. The summed E-state index contributed by atoms with van der Waals surface area (Å²) in [6, 6.07) is 18.1. The Morgan fingerprint density at radius 2 is 1.82 bits per heavy atom. The lowest BCUT2D eigenvalue weighted by Gasteiger charge is -2.34. The maximum Gasteiger partial charge on any atom is 0.291 e. The Morgan fingerprint density at radius 1 is 1.05 bits per heavy atom. The quantitative estimate of drug-likeness (QED) is 0.305. The number of rotatable bonds is 7. The van der Waals surface area contributed by atoms with Gasteiger partial charge in [0.15, 0.2) is 5.82 Å². The summed E-state index contributed by atoms with van der Waals surface area (Å²) in [4.78, 5) is 39.3. The van der Waals surface area contributed by atoms with E-state index >= 15 is 4.39 Å². The SMILES string of the molecule is Cc1cc(-c2cnc(C(=O)Nc3cccc(F)c3N3CCC(C(=O)NC(C)c4ccccc4)CC3)[nH]2)ccn1. The highest BCUT2D eigenvalue weighted by Gasteiger charge is 2.29. The van der Waals surface area contributed by atoms with Crippen LogP contribution in [0.5, 0.6) is 0 Å². The lowest BCUT2D eigenvalue weighted by atomic mass is 9.94. The minimum absolute atomic E-state index is 0.00563. The fraction of sp³-hybridized carbons (Fsp3) is 0.267. The molecule has 9 heteroatoms. The lowest BCUT2D eigenvalue weighted by Crippen LogP contribution is -2.41. The Kier molecular flexibility index (Phi) is 7.67. The van der Waals surface area contributed by atoms with Crippen molar-refractivity contribution in [1.29, 1.82) is 0 Å². The molecule has 200 valence electrons. The van der Waals surface area contributed by atoms with E-state index < -0.39 is 11.7 Å². The van der Waals surface area contributed by atoms with Crippen molar-refractivity contribution >= 4 is 23.2 Å². The first-order valence-corrected chi connectivity index (χ1v) is 13.1. The Hall–Kier alpha value is -4.53. The number of benzene rings is 2. The highest BCUT2D eigenvalue weighted by atomic mass is 19.1. The molecule has 4 aromatic rings. The second-order valence-corrected chi connectivity index (χ2v) is 9.82. The average Bonchev–Trinajstić information content (AvgIpc) is 3.45. The third-order valence-corrected chi connectivity index (χ3v) is 7.07. The molecule has 3 heterocycles. The van der Waals surface area contributed by atoms with E-state index in [1.165, 1.54) is 6.07 Å². The van der Waals surface area contributed by atoms with Gasteiger partial charge in [-0.1, -0.05) is 36.4 Å². The van der Waals surface area contributed by atoms with Crippen molar-refractivity contribution in [2.24, 2.45) is 5.92 Å². The van der Waals surface area contributed by atoms with Crippen LogP contribution in [0.15, 0.2) is 73.1 Å². The monoisotopic (exact) mass is 526 g/mol. The van der Waals surface area contributed by atoms with Gasteiger partial charge in [-0.2, -0.15) is 0 Å². The largest absolute Gasteiger partial charge is 0.367 e. The number of halogens is 1. The fourth-order valence-electron chi connectivity index (χ4n) is 4.94. The predicted molar refractivity (Wildman–Crippen MR) is 149 cm³/mol. The third kappa shape index (κ3) is 5.98. The van der Waals surface area contributed by atoms with Gasteiger partial charge in [-0.15, -0.1) is 0 Å². The van der Waals surface area contributed by atoms with Crippen LogP contribution in [0.4, 0.5) is 15.8 Å². The van der Waals surface area contributed by atoms with E-state index in [1.54, 1.807) is 24.5 Å². The Balaban J connectivity index is 1.24. The molecule has 1 unspecified atom stereocenters. The zero-order valence-corrected chi connectivity index (χ0v) is 21.9. The summed E-state index contributed by atoms with van der Waals surface area (Å²) in [6.07, 6.45) is 4.45. The molecule has 1 atom stereocenters. The number of piperidine rings is 1. The second kappa shape index (κ2) is 11.5. The minimum atomic E-state index is -0.469. The van der Waals surface area contributed by atoms with Gasteiger partial charge in [-0.3, -0.25) is 14.6 Å². The molecule has 2 aromatic carbocycles. The van der Waals surface area contributed by atoms with Crippen molar-refractivity contribution in [1.82, 2.24) is 20.3 Å².